The lowest BCUT2D eigenvalue weighted by molar-refractivity contribution is -0.137. The quantitative estimate of drug-likeness (QED) is 0.498. The van der Waals surface area contributed by atoms with Crippen LogP contribution in [0, 0.1) is 0 Å². The molecule has 29 heavy (non-hydrogen) atoms. The van der Waals surface area contributed by atoms with E-state index in [0.717, 1.165) is 17.5 Å². The van der Waals surface area contributed by atoms with E-state index in [4.69, 9.17) is 0 Å². The van der Waals surface area contributed by atoms with Crippen LogP contribution in [0.1, 0.15) is 21.5 Å². The number of carboxylic acids is 1. The van der Waals surface area contributed by atoms with Crippen LogP contribution in [0.4, 0.5) is 13.2 Å². The summed E-state index contributed by atoms with van der Waals surface area (Å²) in [4.78, 5) is 11.6. The van der Waals surface area contributed by atoms with Gasteiger partial charge in [-0.2, -0.15) is 18.3 Å². The topological polar surface area (TPSA) is 55.1 Å². The van der Waals surface area contributed by atoms with Crippen LogP contribution in [0.5, 0.6) is 0 Å². The Bertz CT molecular complexity index is 1210. The van der Waals surface area contributed by atoms with Crippen molar-refractivity contribution in [2.24, 2.45) is 0 Å². The Kier molecular flexibility index (Phi) is 4.58. The van der Waals surface area contributed by atoms with Gasteiger partial charge in [-0.15, -0.1) is 0 Å². The van der Waals surface area contributed by atoms with E-state index in [0.29, 0.717) is 22.2 Å². The molecular weight excluding hydrogens is 381 g/mol. The van der Waals surface area contributed by atoms with E-state index in [2.05, 4.69) is 5.10 Å². The molecule has 0 fully saturated rings. The van der Waals surface area contributed by atoms with Crippen LogP contribution in [0.3, 0.4) is 0 Å². The van der Waals surface area contributed by atoms with Gasteiger partial charge < -0.3 is 5.11 Å². The molecule has 4 aromatic rings. The molecular formula is C22H15F3N2O2. The molecule has 0 aliphatic carbocycles. The molecule has 0 spiro atoms. The SMILES string of the molecule is O=C(O)c1ccccc1-c1cccc2nn(Cc3cccc(C(F)(F)F)c3)cc12. The molecule has 0 saturated heterocycles. The highest BCUT2D eigenvalue weighted by atomic mass is 19.4. The summed E-state index contributed by atoms with van der Waals surface area (Å²) in [7, 11) is 0. The summed E-state index contributed by atoms with van der Waals surface area (Å²) in [6.07, 6.45) is -2.68. The van der Waals surface area contributed by atoms with Crippen molar-refractivity contribution in [3.63, 3.8) is 0 Å². The summed E-state index contributed by atoms with van der Waals surface area (Å²) in [6.45, 7) is 0.165. The lowest BCUT2D eigenvalue weighted by atomic mass is 9.97. The molecule has 3 aromatic carbocycles. The van der Waals surface area contributed by atoms with Gasteiger partial charge in [0.05, 0.1) is 23.2 Å². The van der Waals surface area contributed by atoms with Gasteiger partial charge in [-0.1, -0.05) is 42.5 Å². The largest absolute Gasteiger partial charge is 0.478 e. The van der Waals surface area contributed by atoms with Gasteiger partial charge in [0.2, 0.25) is 0 Å². The van der Waals surface area contributed by atoms with Crippen LogP contribution in [-0.2, 0) is 12.7 Å². The summed E-state index contributed by atoms with van der Waals surface area (Å²) in [5.41, 5.74) is 1.84. The van der Waals surface area contributed by atoms with Gasteiger partial charge in [0.1, 0.15) is 0 Å². The standard InChI is InChI=1S/C22H15F3N2O2/c23-22(24,25)15-6-3-5-14(11-15)12-27-13-19-17(9-4-10-20(19)26-27)16-7-1-2-8-18(16)21(28)29/h1-11,13H,12H2,(H,28,29). The molecule has 1 N–H and O–H groups in total. The number of halogens is 3. The number of aromatic nitrogens is 2. The molecule has 0 radical (unpaired) electrons. The van der Waals surface area contributed by atoms with Crippen molar-refractivity contribution in [3.8, 4) is 11.1 Å². The van der Waals surface area contributed by atoms with E-state index < -0.39 is 17.7 Å². The van der Waals surface area contributed by atoms with Crippen molar-refractivity contribution in [1.82, 2.24) is 9.78 Å². The van der Waals surface area contributed by atoms with E-state index >= 15 is 0 Å². The highest BCUT2D eigenvalue weighted by Crippen LogP contribution is 2.32. The molecule has 1 aromatic heterocycles. The fourth-order valence-electron chi connectivity index (χ4n) is 3.35. The molecule has 7 heteroatoms. The van der Waals surface area contributed by atoms with Gasteiger partial charge in [0.15, 0.2) is 0 Å². The second-order valence-corrected chi connectivity index (χ2v) is 6.61. The normalized spacial score (nSPS) is 11.7. The Morgan fingerprint density at radius 3 is 2.45 bits per heavy atom. The highest BCUT2D eigenvalue weighted by molar-refractivity contribution is 6.02. The average molecular weight is 396 g/mol. The molecule has 146 valence electrons. The zero-order valence-electron chi connectivity index (χ0n) is 15.0. The lowest BCUT2D eigenvalue weighted by Gasteiger charge is -2.08. The van der Waals surface area contributed by atoms with E-state index in [1.807, 2.05) is 0 Å². The summed E-state index contributed by atoms with van der Waals surface area (Å²) in [5.74, 6) is -1.03. The summed E-state index contributed by atoms with van der Waals surface area (Å²) >= 11 is 0. The minimum atomic E-state index is -4.40. The van der Waals surface area contributed by atoms with Crippen LogP contribution in [0.25, 0.3) is 22.0 Å². The Balaban J connectivity index is 1.76. The van der Waals surface area contributed by atoms with Gasteiger partial charge in [-0.05, 0) is 41.0 Å². The van der Waals surface area contributed by atoms with Crippen molar-refractivity contribution in [2.75, 3.05) is 0 Å². The van der Waals surface area contributed by atoms with Crippen molar-refractivity contribution in [2.45, 2.75) is 12.7 Å². The number of benzene rings is 3. The molecule has 1 heterocycles. The number of hydrogen-bond acceptors (Lipinski definition) is 2. The first-order valence-electron chi connectivity index (χ1n) is 8.78. The van der Waals surface area contributed by atoms with E-state index in [-0.39, 0.29) is 12.1 Å². The minimum Gasteiger partial charge on any atom is -0.478 e. The van der Waals surface area contributed by atoms with Gasteiger partial charge >= 0.3 is 12.1 Å². The first kappa shape index (κ1) is 18.7. The lowest BCUT2D eigenvalue weighted by Crippen LogP contribution is -2.07. The predicted octanol–water partition coefficient (Wildman–Crippen LogP) is 5.47. The van der Waals surface area contributed by atoms with Crippen LogP contribution >= 0.6 is 0 Å². The fourth-order valence-corrected chi connectivity index (χ4v) is 3.35. The Morgan fingerprint density at radius 2 is 1.69 bits per heavy atom. The molecule has 0 atom stereocenters. The Labute approximate surface area is 163 Å². The minimum absolute atomic E-state index is 0.165. The van der Waals surface area contributed by atoms with Crippen molar-refractivity contribution >= 4 is 16.9 Å². The second kappa shape index (κ2) is 7.09. The maximum absolute atomic E-state index is 12.9. The summed E-state index contributed by atoms with van der Waals surface area (Å²) in [5, 5.41) is 14.7. The molecule has 0 bridgehead atoms. The van der Waals surface area contributed by atoms with Gasteiger partial charge in [-0.3, -0.25) is 4.68 Å². The number of fused-ring (bicyclic) bond motifs is 1. The number of alkyl halides is 3. The number of hydrogen-bond donors (Lipinski definition) is 1. The van der Waals surface area contributed by atoms with E-state index in [1.54, 1.807) is 53.3 Å². The molecule has 4 nitrogen and oxygen atoms in total. The van der Waals surface area contributed by atoms with Crippen molar-refractivity contribution in [3.05, 3.63) is 89.6 Å². The second-order valence-electron chi connectivity index (χ2n) is 6.61. The molecule has 0 aliphatic heterocycles. The van der Waals surface area contributed by atoms with Crippen molar-refractivity contribution < 1.29 is 23.1 Å². The molecule has 0 aliphatic rings. The fraction of sp³-hybridized carbons (Fsp3) is 0.0909. The monoisotopic (exact) mass is 396 g/mol. The molecule has 0 unspecified atom stereocenters. The van der Waals surface area contributed by atoms with Gasteiger partial charge in [0.25, 0.3) is 0 Å². The molecule has 4 rings (SSSR count). The highest BCUT2D eigenvalue weighted by Gasteiger charge is 2.30. The third kappa shape index (κ3) is 3.71. The average Bonchev–Trinajstić information content (AvgIpc) is 3.10. The Hall–Kier alpha value is -3.61. The number of carboxylic acid groups (broad SMARTS) is 1. The smallest absolute Gasteiger partial charge is 0.416 e. The van der Waals surface area contributed by atoms with E-state index in [9.17, 15) is 23.1 Å². The summed E-state index contributed by atoms with van der Waals surface area (Å²) in [6, 6.07) is 17.2. The third-order valence-corrected chi connectivity index (χ3v) is 4.64. The summed E-state index contributed by atoms with van der Waals surface area (Å²) < 4.78 is 40.4. The zero-order chi connectivity index (χ0) is 20.6. The zero-order valence-corrected chi connectivity index (χ0v) is 15.0. The first-order chi connectivity index (χ1) is 13.8. The first-order valence-corrected chi connectivity index (χ1v) is 8.78. The number of aromatic carboxylic acids is 1. The Morgan fingerprint density at radius 1 is 0.966 bits per heavy atom. The number of rotatable bonds is 4. The molecule has 0 saturated carbocycles. The number of carbonyl (C=O) groups is 1. The van der Waals surface area contributed by atoms with Gasteiger partial charge in [0, 0.05) is 11.6 Å². The van der Waals surface area contributed by atoms with Crippen LogP contribution in [0.15, 0.2) is 72.9 Å². The van der Waals surface area contributed by atoms with Crippen LogP contribution in [-0.4, -0.2) is 20.9 Å². The maximum atomic E-state index is 12.9. The molecule has 0 amide bonds. The van der Waals surface area contributed by atoms with Crippen LogP contribution < -0.4 is 0 Å². The number of nitrogens with zero attached hydrogens (tertiary/aromatic N) is 2. The third-order valence-electron chi connectivity index (χ3n) is 4.64. The van der Waals surface area contributed by atoms with Gasteiger partial charge in [-0.25, -0.2) is 4.79 Å². The van der Waals surface area contributed by atoms with E-state index in [1.165, 1.54) is 12.1 Å². The van der Waals surface area contributed by atoms with Crippen molar-refractivity contribution in [1.29, 1.82) is 0 Å². The maximum Gasteiger partial charge on any atom is 0.416 e. The predicted molar refractivity (Wildman–Crippen MR) is 103 cm³/mol. The van der Waals surface area contributed by atoms with Crippen LogP contribution in [0.2, 0.25) is 0 Å².